The summed E-state index contributed by atoms with van der Waals surface area (Å²) in [6, 6.07) is 0.952. The summed E-state index contributed by atoms with van der Waals surface area (Å²) >= 11 is 0. The molecule has 2 fully saturated rings. The lowest BCUT2D eigenvalue weighted by molar-refractivity contribution is 0.0803. The molecule has 0 aliphatic heterocycles. The van der Waals surface area contributed by atoms with E-state index < -0.39 is 0 Å². The van der Waals surface area contributed by atoms with Crippen LogP contribution < -0.4 is 5.32 Å². The van der Waals surface area contributed by atoms with Crippen molar-refractivity contribution in [1.29, 1.82) is 0 Å². The van der Waals surface area contributed by atoms with Crippen LogP contribution in [0.1, 0.15) is 71.1 Å². The van der Waals surface area contributed by atoms with Crippen LogP contribution in [0.15, 0.2) is 0 Å². The minimum Gasteiger partial charge on any atom is -0.392 e. The molecule has 2 saturated carbocycles. The number of aliphatic hydroxyl groups excluding tert-OH is 1. The van der Waals surface area contributed by atoms with Crippen molar-refractivity contribution in [2.45, 2.75) is 89.3 Å². The van der Waals surface area contributed by atoms with Crippen LogP contribution in [-0.2, 0) is 0 Å². The Kier molecular flexibility index (Phi) is 5.30. The zero-order chi connectivity index (χ0) is 12.1. The van der Waals surface area contributed by atoms with Crippen molar-refractivity contribution in [2.75, 3.05) is 0 Å². The first-order valence-electron chi connectivity index (χ1n) is 7.71. The van der Waals surface area contributed by atoms with Crippen molar-refractivity contribution in [3.8, 4) is 0 Å². The van der Waals surface area contributed by atoms with E-state index in [2.05, 4.69) is 12.2 Å². The molecule has 17 heavy (non-hydrogen) atoms. The number of aliphatic hydroxyl groups is 1. The molecule has 2 aliphatic carbocycles. The Morgan fingerprint density at radius 2 is 1.47 bits per heavy atom. The van der Waals surface area contributed by atoms with E-state index in [1.54, 1.807) is 0 Å². The minimum absolute atomic E-state index is 0.100. The number of nitrogens with one attached hydrogen (secondary N) is 1. The van der Waals surface area contributed by atoms with Crippen molar-refractivity contribution in [3.63, 3.8) is 0 Å². The molecule has 0 radical (unpaired) electrons. The van der Waals surface area contributed by atoms with E-state index in [-0.39, 0.29) is 6.10 Å². The van der Waals surface area contributed by atoms with Crippen LogP contribution >= 0.6 is 0 Å². The van der Waals surface area contributed by atoms with Crippen molar-refractivity contribution in [3.05, 3.63) is 0 Å². The summed E-state index contributed by atoms with van der Waals surface area (Å²) in [5.41, 5.74) is 0. The van der Waals surface area contributed by atoms with E-state index in [0.717, 1.165) is 18.8 Å². The Hall–Kier alpha value is -0.0800. The molecule has 2 heteroatoms. The maximum absolute atomic E-state index is 10.0. The molecule has 3 atom stereocenters. The third kappa shape index (κ3) is 3.96. The van der Waals surface area contributed by atoms with Crippen LogP contribution in [0, 0.1) is 5.92 Å². The number of hydrogen-bond acceptors (Lipinski definition) is 2. The molecule has 0 heterocycles. The molecule has 2 nitrogen and oxygen atoms in total. The average Bonchev–Trinajstić information content (AvgIpc) is 2.61. The van der Waals surface area contributed by atoms with Gasteiger partial charge < -0.3 is 10.4 Å². The fourth-order valence-electron chi connectivity index (χ4n) is 3.59. The van der Waals surface area contributed by atoms with Gasteiger partial charge >= 0.3 is 0 Å². The monoisotopic (exact) mass is 239 g/mol. The van der Waals surface area contributed by atoms with Gasteiger partial charge in [0.1, 0.15) is 0 Å². The van der Waals surface area contributed by atoms with Crippen molar-refractivity contribution >= 4 is 0 Å². The summed E-state index contributed by atoms with van der Waals surface area (Å²) in [4.78, 5) is 0. The van der Waals surface area contributed by atoms with Gasteiger partial charge in [-0.2, -0.15) is 0 Å². The third-order valence-corrected chi connectivity index (χ3v) is 4.81. The highest BCUT2D eigenvalue weighted by molar-refractivity contribution is 4.85. The molecule has 2 rings (SSSR count). The van der Waals surface area contributed by atoms with Crippen LogP contribution in [-0.4, -0.2) is 23.3 Å². The van der Waals surface area contributed by atoms with E-state index in [0.29, 0.717) is 12.1 Å². The quantitative estimate of drug-likeness (QED) is 0.741. The molecule has 2 aliphatic rings. The van der Waals surface area contributed by atoms with Gasteiger partial charge in [-0.1, -0.05) is 38.5 Å². The average molecular weight is 239 g/mol. The lowest BCUT2D eigenvalue weighted by Gasteiger charge is -2.34. The summed E-state index contributed by atoms with van der Waals surface area (Å²) in [5, 5.41) is 13.7. The fourth-order valence-corrected chi connectivity index (χ4v) is 3.59. The normalized spacial score (nSPS) is 34.2. The van der Waals surface area contributed by atoms with E-state index >= 15 is 0 Å². The molecule has 0 aromatic carbocycles. The molecule has 0 spiro atoms. The zero-order valence-corrected chi connectivity index (χ0v) is 11.3. The van der Waals surface area contributed by atoms with Crippen LogP contribution in [0.25, 0.3) is 0 Å². The van der Waals surface area contributed by atoms with Gasteiger partial charge in [0.15, 0.2) is 0 Å². The van der Waals surface area contributed by atoms with Gasteiger partial charge in [0.2, 0.25) is 0 Å². The minimum atomic E-state index is -0.100. The van der Waals surface area contributed by atoms with Gasteiger partial charge in [0.05, 0.1) is 6.10 Å². The lowest BCUT2D eigenvalue weighted by atomic mass is 9.88. The lowest BCUT2D eigenvalue weighted by Crippen LogP contribution is -2.48. The van der Waals surface area contributed by atoms with Gasteiger partial charge in [-0.25, -0.2) is 0 Å². The summed E-state index contributed by atoms with van der Waals surface area (Å²) in [5.74, 6) is 0.839. The predicted molar refractivity (Wildman–Crippen MR) is 72.1 cm³/mol. The van der Waals surface area contributed by atoms with Crippen LogP contribution in [0.4, 0.5) is 0 Å². The molecular formula is C15H29NO. The highest BCUT2D eigenvalue weighted by Crippen LogP contribution is 2.27. The maximum atomic E-state index is 10.0. The van der Waals surface area contributed by atoms with Crippen molar-refractivity contribution in [2.24, 2.45) is 5.92 Å². The maximum Gasteiger partial charge on any atom is 0.0693 e. The van der Waals surface area contributed by atoms with Gasteiger partial charge in [-0.15, -0.1) is 0 Å². The first-order valence-corrected chi connectivity index (χ1v) is 7.71. The smallest absolute Gasteiger partial charge is 0.0693 e. The third-order valence-electron chi connectivity index (χ3n) is 4.81. The molecule has 2 N–H and O–H groups in total. The molecular weight excluding hydrogens is 210 g/mol. The number of rotatable bonds is 3. The van der Waals surface area contributed by atoms with Crippen molar-refractivity contribution < 1.29 is 5.11 Å². The second kappa shape index (κ2) is 6.75. The van der Waals surface area contributed by atoms with Crippen LogP contribution in [0.3, 0.4) is 0 Å². The fraction of sp³-hybridized carbons (Fsp3) is 1.00. The van der Waals surface area contributed by atoms with Gasteiger partial charge in [0, 0.05) is 12.1 Å². The van der Waals surface area contributed by atoms with Gasteiger partial charge in [0.25, 0.3) is 0 Å². The Balaban J connectivity index is 1.79. The molecule has 0 aromatic heterocycles. The van der Waals surface area contributed by atoms with Crippen LogP contribution in [0.2, 0.25) is 0 Å². The second-order valence-corrected chi connectivity index (χ2v) is 6.17. The second-order valence-electron chi connectivity index (χ2n) is 6.17. The Labute approximate surface area is 106 Å². The zero-order valence-electron chi connectivity index (χ0n) is 11.3. The SMILES string of the molecule is C[C@@H](NC1CCCCC1O)C1CCCCCC1. The highest BCUT2D eigenvalue weighted by atomic mass is 16.3. The molecule has 2 unspecified atom stereocenters. The predicted octanol–water partition coefficient (Wildman–Crippen LogP) is 3.24. The van der Waals surface area contributed by atoms with Crippen molar-refractivity contribution in [1.82, 2.24) is 5.32 Å². The molecule has 0 saturated heterocycles. The van der Waals surface area contributed by atoms with Crippen LogP contribution in [0.5, 0.6) is 0 Å². The Morgan fingerprint density at radius 1 is 0.882 bits per heavy atom. The summed E-state index contributed by atoms with van der Waals surface area (Å²) in [6.45, 7) is 2.33. The summed E-state index contributed by atoms with van der Waals surface area (Å²) < 4.78 is 0. The van der Waals surface area contributed by atoms with E-state index in [9.17, 15) is 5.11 Å². The van der Waals surface area contributed by atoms with E-state index in [4.69, 9.17) is 0 Å². The van der Waals surface area contributed by atoms with Gasteiger partial charge in [-0.3, -0.25) is 0 Å². The molecule has 0 amide bonds. The van der Waals surface area contributed by atoms with Gasteiger partial charge in [-0.05, 0) is 38.5 Å². The van der Waals surface area contributed by atoms with E-state index in [1.165, 1.54) is 51.4 Å². The Bertz CT molecular complexity index is 211. The summed E-state index contributed by atoms with van der Waals surface area (Å²) in [7, 11) is 0. The topological polar surface area (TPSA) is 32.3 Å². The molecule has 100 valence electrons. The first-order chi connectivity index (χ1) is 8.27. The first kappa shape index (κ1) is 13.4. The summed E-state index contributed by atoms with van der Waals surface area (Å²) in [6.07, 6.45) is 13.0. The van der Waals surface area contributed by atoms with E-state index in [1.807, 2.05) is 0 Å². The molecule has 0 bridgehead atoms. The standard InChI is InChI=1S/C15H29NO/c1-12(13-8-4-2-3-5-9-13)16-14-10-6-7-11-15(14)17/h12-17H,2-11H2,1H3/t12-,14?,15?/m1/s1. The largest absolute Gasteiger partial charge is 0.392 e. The number of hydrogen-bond donors (Lipinski definition) is 2. The Morgan fingerprint density at radius 3 is 2.12 bits per heavy atom. The molecule has 0 aromatic rings. The highest BCUT2D eigenvalue weighted by Gasteiger charge is 2.27.